The molecule has 17 heavy (non-hydrogen) atoms. The molecule has 1 aromatic rings. The van der Waals surface area contributed by atoms with Crippen LogP contribution >= 0.6 is 15.9 Å². The second-order valence-corrected chi connectivity index (χ2v) is 5.97. The summed E-state index contributed by atoms with van der Waals surface area (Å²) in [6.45, 7) is 5.27. The number of benzene rings is 1. The predicted molar refractivity (Wildman–Crippen MR) is 74.4 cm³/mol. The molecule has 2 rings (SSSR count). The maximum absolute atomic E-state index is 5.43. The third-order valence-electron chi connectivity index (χ3n) is 3.82. The first-order chi connectivity index (χ1) is 8.17. The highest BCUT2D eigenvalue weighted by Crippen LogP contribution is 2.42. The van der Waals surface area contributed by atoms with Crippen molar-refractivity contribution >= 4 is 15.9 Å². The molecule has 1 saturated heterocycles. The minimum absolute atomic E-state index is 0.226. The Labute approximate surface area is 112 Å². The molecular formula is C14H20BrNO. The number of nitrogens with one attached hydrogen (secondary N) is 1. The summed E-state index contributed by atoms with van der Waals surface area (Å²) in [4.78, 5) is 0. The molecule has 1 aromatic carbocycles. The molecule has 2 unspecified atom stereocenters. The monoisotopic (exact) mass is 297 g/mol. The molecule has 1 aliphatic rings. The van der Waals surface area contributed by atoms with Gasteiger partial charge in [0.2, 0.25) is 0 Å². The quantitative estimate of drug-likeness (QED) is 0.925. The molecule has 94 valence electrons. The lowest BCUT2D eigenvalue weighted by molar-refractivity contribution is 0.0507. The Morgan fingerprint density at radius 1 is 1.47 bits per heavy atom. The van der Waals surface area contributed by atoms with Crippen molar-refractivity contribution in [3.05, 3.63) is 34.3 Å². The lowest BCUT2D eigenvalue weighted by Crippen LogP contribution is -2.44. The van der Waals surface area contributed by atoms with Crippen LogP contribution in [0.5, 0.6) is 0 Å². The largest absolute Gasteiger partial charge is 0.384 e. The Balaban J connectivity index is 2.31. The van der Waals surface area contributed by atoms with Crippen LogP contribution in [-0.2, 0) is 4.74 Å². The van der Waals surface area contributed by atoms with Gasteiger partial charge in [0, 0.05) is 29.5 Å². The standard InChI is InChI=1S/C14H20BrNO/c1-14(10-17-2)7-8-16-9-12(14)11-5-3-4-6-13(11)15/h3-6,12,16H,7-10H2,1-2H3. The Kier molecular flexibility index (Phi) is 4.23. The molecule has 3 heteroatoms. The van der Waals surface area contributed by atoms with Crippen LogP contribution in [0.25, 0.3) is 0 Å². The Morgan fingerprint density at radius 3 is 2.94 bits per heavy atom. The third kappa shape index (κ3) is 2.72. The van der Waals surface area contributed by atoms with Gasteiger partial charge in [0.25, 0.3) is 0 Å². The second kappa shape index (κ2) is 5.51. The van der Waals surface area contributed by atoms with Gasteiger partial charge in [-0.2, -0.15) is 0 Å². The van der Waals surface area contributed by atoms with Crippen molar-refractivity contribution in [1.82, 2.24) is 5.32 Å². The molecule has 0 aromatic heterocycles. The van der Waals surface area contributed by atoms with Gasteiger partial charge in [-0.05, 0) is 24.6 Å². The number of hydrogen-bond acceptors (Lipinski definition) is 2. The topological polar surface area (TPSA) is 21.3 Å². The van der Waals surface area contributed by atoms with Gasteiger partial charge < -0.3 is 10.1 Å². The van der Waals surface area contributed by atoms with Crippen molar-refractivity contribution in [2.24, 2.45) is 5.41 Å². The average molecular weight is 298 g/mol. The van der Waals surface area contributed by atoms with Gasteiger partial charge in [0.15, 0.2) is 0 Å². The van der Waals surface area contributed by atoms with E-state index in [-0.39, 0.29) is 5.41 Å². The maximum atomic E-state index is 5.43. The molecule has 1 N–H and O–H groups in total. The molecule has 0 radical (unpaired) electrons. The molecule has 0 spiro atoms. The smallest absolute Gasteiger partial charge is 0.0522 e. The lowest BCUT2D eigenvalue weighted by Gasteiger charge is -2.42. The molecule has 1 heterocycles. The molecule has 1 aliphatic heterocycles. The summed E-state index contributed by atoms with van der Waals surface area (Å²) in [6.07, 6.45) is 1.16. The van der Waals surface area contributed by atoms with Gasteiger partial charge in [0.05, 0.1) is 6.61 Å². The first kappa shape index (κ1) is 13.1. The van der Waals surface area contributed by atoms with E-state index in [0.29, 0.717) is 5.92 Å². The molecule has 0 bridgehead atoms. The minimum Gasteiger partial charge on any atom is -0.384 e. The van der Waals surface area contributed by atoms with Crippen LogP contribution in [0.15, 0.2) is 28.7 Å². The van der Waals surface area contributed by atoms with Crippen molar-refractivity contribution in [2.75, 3.05) is 26.8 Å². The fourth-order valence-corrected chi connectivity index (χ4v) is 3.35. The molecule has 2 atom stereocenters. The fraction of sp³-hybridized carbons (Fsp3) is 0.571. The number of methoxy groups -OCH3 is 1. The molecular weight excluding hydrogens is 278 g/mol. The van der Waals surface area contributed by atoms with E-state index in [1.165, 1.54) is 10.0 Å². The number of halogens is 1. The number of rotatable bonds is 3. The molecule has 0 aliphatic carbocycles. The van der Waals surface area contributed by atoms with E-state index in [4.69, 9.17) is 4.74 Å². The summed E-state index contributed by atoms with van der Waals surface area (Å²) < 4.78 is 6.64. The summed E-state index contributed by atoms with van der Waals surface area (Å²) in [5.74, 6) is 0.506. The van der Waals surface area contributed by atoms with E-state index < -0.39 is 0 Å². The zero-order valence-corrected chi connectivity index (χ0v) is 12.1. The highest BCUT2D eigenvalue weighted by Gasteiger charge is 2.38. The van der Waals surface area contributed by atoms with Crippen molar-refractivity contribution in [2.45, 2.75) is 19.3 Å². The van der Waals surface area contributed by atoms with E-state index in [1.807, 2.05) is 0 Å². The van der Waals surface area contributed by atoms with Gasteiger partial charge >= 0.3 is 0 Å². The summed E-state index contributed by atoms with van der Waals surface area (Å²) >= 11 is 3.67. The van der Waals surface area contributed by atoms with Crippen LogP contribution in [0.4, 0.5) is 0 Å². The minimum atomic E-state index is 0.226. The normalized spacial score (nSPS) is 29.2. The predicted octanol–water partition coefficient (Wildman–Crippen LogP) is 3.18. The van der Waals surface area contributed by atoms with Crippen LogP contribution in [-0.4, -0.2) is 26.8 Å². The number of hydrogen-bond donors (Lipinski definition) is 1. The highest BCUT2D eigenvalue weighted by molar-refractivity contribution is 9.10. The summed E-state index contributed by atoms with van der Waals surface area (Å²) in [5.41, 5.74) is 1.61. The fourth-order valence-electron chi connectivity index (χ4n) is 2.79. The van der Waals surface area contributed by atoms with Gasteiger partial charge in [-0.25, -0.2) is 0 Å². The van der Waals surface area contributed by atoms with E-state index in [1.54, 1.807) is 7.11 Å². The molecule has 0 amide bonds. The van der Waals surface area contributed by atoms with Gasteiger partial charge in [0.1, 0.15) is 0 Å². The zero-order chi connectivity index (χ0) is 12.3. The summed E-state index contributed by atoms with van der Waals surface area (Å²) in [7, 11) is 1.80. The third-order valence-corrected chi connectivity index (χ3v) is 4.54. The number of piperidine rings is 1. The van der Waals surface area contributed by atoms with Crippen molar-refractivity contribution in [1.29, 1.82) is 0 Å². The van der Waals surface area contributed by atoms with Crippen LogP contribution in [0.3, 0.4) is 0 Å². The summed E-state index contributed by atoms with van der Waals surface area (Å²) in [6, 6.07) is 8.52. The first-order valence-electron chi connectivity index (χ1n) is 6.11. The van der Waals surface area contributed by atoms with E-state index in [2.05, 4.69) is 52.4 Å². The van der Waals surface area contributed by atoms with Gasteiger partial charge in [-0.15, -0.1) is 0 Å². The maximum Gasteiger partial charge on any atom is 0.0522 e. The van der Waals surface area contributed by atoms with Crippen LogP contribution < -0.4 is 5.32 Å². The van der Waals surface area contributed by atoms with Gasteiger partial charge in [-0.1, -0.05) is 41.1 Å². The van der Waals surface area contributed by atoms with Crippen LogP contribution in [0.1, 0.15) is 24.8 Å². The average Bonchev–Trinajstić information content (AvgIpc) is 2.31. The highest BCUT2D eigenvalue weighted by atomic mass is 79.9. The number of ether oxygens (including phenoxy) is 1. The Morgan fingerprint density at radius 2 is 2.24 bits per heavy atom. The first-order valence-corrected chi connectivity index (χ1v) is 6.91. The van der Waals surface area contributed by atoms with Crippen molar-refractivity contribution in [3.8, 4) is 0 Å². The lowest BCUT2D eigenvalue weighted by atomic mass is 9.70. The van der Waals surface area contributed by atoms with Gasteiger partial charge in [-0.3, -0.25) is 0 Å². The zero-order valence-electron chi connectivity index (χ0n) is 10.5. The molecule has 1 fully saturated rings. The van der Waals surface area contributed by atoms with Crippen molar-refractivity contribution in [3.63, 3.8) is 0 Å². The van der Waals surface area contributed by atoms with Crippen molar-refractivity contribution < 1.29 is 4.74 Å². The Bertz CT molecular complexity index is 378. The molecule has 0 saturated carbocycles. The summed E-state index contributed by atoms with van der Waals surface area (Å²) in [5, 5.41) is 3.50. The second-order valence-electron chi connectivity index (χ2n) is 5.12. The van der Waals surface area contributed by atoms with Crippen LogP contribution in [0, 0.1) is 5.41 Å². The molecule has 2 nitrogen and oxygen atoms in total. The van der Waals surface area contributed by atoms with E-state index in [9.17, 15) is 0 Å². The van der Waals surface area contributed by atoms with E-state index >= 15 is 0 Å². The van der Waals surface area contributed by atoms with E-state index in [0.717, 1.165) is 26.1 Å². The Hall–Kier alpha value is -0.380. The van der Waals surface area contributed by atoms with Crippen LogP contribution in [0.2, 0.25) is 0 Å². The SMILES string of the molecule is COCC1(C)CCNCC1c1ccccc1Br.